The zero-order chi connectivity index (χ0) is 18.8. The number of carbonyl (C=O) groups is 1. The van der Waals surface area contributed by atoms with E-state index in [1.807, 2.05) is 0 Å². The first-order chi connectivity index (χ1) is 13.2. The standard InChI is InChI=1S/C20H21FN4OS/c1-2-14-10-15-18(22-12-23-20(15)27-14)25-9-5-6-13(11-25)19(26)24-17-8-4-3-7-16(17)21/h3-4,7-8,10,12-13H,2,5-6,9,11H2,1H3,(H,24,26)/t13-/m1/s1. The number of amides is 1. The lowest BCUT2D eigenvalue weighted by Crippen LogP contribution is -2.41. The SMILES string of the molecule is CCc1cc2c(N3CCC[C@@H](C(=O)Nc4ccccc4F)C3)ncnc2s1. The third-order valence-electron chi connectivity index (χ3n) is 4.93. The molecule has 0 saturated carbocycles. The number of para-hydroxylation sites is 1. The average Bonchev–Trinajstić information content (AvgIpc) is 3.13. The van der Waals surface area contributed by atoms with Gasteiger partial charge in [-0.05, 0) is 37.5 Å². The molecule has 0 unspecified atom stereocenters. The van der Waals surface area contributed by atoms with Crippen molar-refractivity contribution in [3.63, 3.8) is 0 Å². The summed E-state index contributed by atoms with van der Waals surface area (Å²) in [5.74, 6) is 0.128. The van der Waals surface area contributed by atoms with E-state index < -0.39 is 5.82 Å². The molecule has 0 spiro atoms. The molecular weight excluding hydrogens is 363 g/mol. The Morgan fingerprint density at radius 2 is 2.22 bits per heavy atom. The fourth-order valence-corrected chi connectivity index (χ4v) is 4.43. The summed E-state index contributed by atoms with van der Waals surface area (Å²) in [6, 6.07) is 8.41. The number of aromatic nitrogens is 2. The number of nitrogens with zero attached hydrogens (tertiary/aromatic N) is 3. The monoisotopic (exact) mass is 384 g/mol. The highest BCUT2D eigenvalue weighted by molar-refractivity contribution is 7.18. The Kier molecular flexibility index (Phi) is 5.03. The molecule has 0 aliphatic carbocycles. The van der Waals surface area contributed by atoms with Gasteiger partial charge in [-0.25, -0.2) is 14.4 Å². The number of fused-ring (bicyclic) bond motifs is 1. The van der Waals surface area contributed by atoms with E-state index in [-0.39, 0.29) is 17.5 Å². The number of aryl methyl sites for hydroxylation is 1. The Morgan fingerprint density at radius 1 is 1.37 bits per heavy atom. The van der Waals surface area contributed by atoms with Crippen molar-refractivity contribution >= 4 is 39.0 Å². The summed E-state index contributed by atoms with van der Waals surface area (Å²) >= 11 is 1.69. The minimum absolute atomic E-state index is 0.144. The molecule has 5 nitrogen and oxygen atoms in total. The number of rotatable bonds is 4. The van der Waals surface area contributed by atoms with Crippen LogP contribution >= 0.6 is 11.3 Å². The Bertz CT molecular complexity index is 974. The van der Waals surface area contributed by atoms with E-state index in [2.05, 4.69) is 33.2 Å². The van der Waals surface area contributed by atoms with Gasteiger partial charge in [-0.15, -0.1) is 11.3 Å². The number of hydrogen-bond acceptors (Lipinski definition) is 5. The third-order valence-corrected chi connectivity index (χ3v) is 6.12. The van der Waals surface area contributed by atoms with E-state index in [9.17, 15) is 9.18 Å². The second-order valence-electron chi connectivity index (χ2n) is 6.74. The number of halogens is 1. The smallest absolute Gasteiger partial charge is 0.229 e. The molecule has 1 saturated heterocycles. The van der Waals surface area contributed by atoms with Crippen molar-refractivity contribution in [1.82, 2.24) is 9.97 Å². The first kappa shape index (κ1) is 17.9. The molecule has 1 aliphatic rings. The van der Waals surface area contributed by atoms with Gasteiger partial charge in [0.25, 0.3) is 0 Å². The molecule has 1 aromatic carbocycles. The van der Waals surface area contributed by atoms with Crippen LogP contribution in [0, 0.1) is 11.7 Å². The highest BCUT2D eigenvalue weighted by Crippen LogP contribution is 2.32. The minimum Gasteiger partial charge on any atom is -0.355 e. The topological polar surface area (TPSA) is 58.1 Å². The van der Waals surface area contributed by atoms with Gasteiger partial charge in [0.1, 0.15) is 22.8 Å². The quantitative estimate of drug-likeness (QED) is 0.731. The molecule has 140 valence electrons. The van der Waals surface area contributed by atoms with Crippen LogP contribution in [-0.2, 0) is 11.2 Å². The lowest BCUT2D eigenvalue weighted by Gasteiger charge is -2.33. The van der Waals surface area contributed by atoms with Crippen LogP contribution in [0.1, 0.15) is 24.6 Å². The Balaban J connectivity index is 1.54. The van der Waals surface area contributed by atoms with Crippen LogP contribution in [0.5, 0.6) is 0 Å². The summed E-state index contributed by atoms with van der Waals surface area (Å²) in [4.78, 5) is 26.0. The van der Waals surface area contributed by atoms with E-state index in [1.54, 1.807) is 35.9 Å². The van der Waals surface area contributed by atoms with Crippen molar-refractivity contribution in [1.29, 1.82) is 0 Å². The molecule has 3 heterocycles. The van der Waals surface area contributed by atoms with Crippen molar-refractivity contribution in [3.8, 4) is 0 Å². The van der Waals surface area contributed by atoms with Gasteiger partial charge in [0, 0.05) is 18.0 Å². The largest absolute Gasteiger partial charge is 0.355 e. The Hall–Kier alpha value is -2.54. The van der Waals surface area contributed by atoms with E-state index in [0.29, 0.717) is 6.54 Å². The summed E-state index contributed by atoms with van der Waals surface area (Å²) in [5.41, 5.74) is 0.231. The molecule has 1 fully saturated rings. The number of benzene rings is 1. The van der Waals surface area contributed by atoms with Gasteiger partial charge < -0.3 is 10.2 Å². The van der Waals surface area contributed by atoms with E-state index in [1.165, 1.54) is 10.9 Å². The van der Waals surface area contributed by atoms with Gasteiger partial charge in [-0.1, -0.05) is 19.1 Å². The van der Waals surface area contributed by atoms with Gasteiger partial charge in [0.05, 0.1) is 17.0 Å². The maximum atomic E-state index is 13.8. The minimum atomic E-state index is -0.415. The number of carbonyl (C=O) groups excluding carboxylic acids is 1. The molecule has 4 rings (SSSR count). The summed E-state index contributed by atoms with van der Waals surface area (Å²) < 4.78 is 13.8. The lowest BCUT2D eigenvalue weighted by molar-refractivity contribution is -0.120. The average molecular weight is 384 g/mol. The normalized spacial score (nSPS) is 17.3. The van der Waals surface area contributed by atoms with Gasteiger partial charge in [-0.3, -0.25) is 4.79 Å². The van der Waals surface area contributed by atoms with Crippen LogP contribution in [0.25, 0.3) is 10.2 Å². The number of thiophene rings is 1. The molecule has 7 heteroatoms. The highest BCUT2D eigenvalue weighted by Gasteiger charge is 2.28. The van der Waals surface area contributed by atoms with E-state index >= 15 is 0 Å². The molecule has 1 amide bonds. The van der Waals surface area contributed by atoms with Crippen LogP contribution in [0.3, 0.4) is 0 Å². The van der Waals surface area contributed by atoms with Crippen LogP contribution < -0.4 is 10.2 Å². The maximum Gasteiger partial charge on any atom is 0.229 e. The second kappa shape index (κ2) is 7.60. The first-order valence-electron chi connectivity index (χ1n) is 9.19. The summed E-state index contributed by atoms with van der Waals surface area (Å²) in [6.07, 6.45) is 4.24. The van der Waals surface area contributed by atoms with Gasteiger partial charge in [0.2, 0.25) is 5.91 Å². The molecule has 0 radical (unpaired) electrons. The number of piperidine rings is 1. The number of hydrogen-bond donors (Lipinski definition) is 1. The zero-order valence-electron chi connectivity index (χ0n) is 15.1. The van der Waals surface area contributed by atoms with E-state index in [0.717, 1.165) is 41.8 Å². The van der Waals surface area contributed by atoms with Gasteiger partial charge in [0.15, 0.2) is 0 Å². The Labute approximate surface area is 161 Å². The van der Waals surface area contributed by atoms with Crippen LogP contribution in [0.15, 0.2) is 36.7 Å². The van der Waals surface area contributed by atoms with Crippen molar-refractivity contribution < 1.29 is 9.18 Å². The fraction of sp³-hybridized carbons (Fsp3) is 0.350. The predicted molar refractivity (Wildman–Crippen MR) is 107 cm³/mol. The van der Waals surface area contributed by atoms with Gasteiger partial charge >= 0.3 is 0 Å². The molecule has 0 bridgehead atoms. The molecule has 3 aromatic rings. The van der Waals surface area contributed by atoms with Crippen LogP contribution in [0.2, 0.25) is 0 Å². The number of nitrogens with one attached hydrogen (secondary N) is 1. The molecule has 1 aliphatic heterocycles. The summed E-state index contributed by atoms with van der Waals surface area (Å²) in [5, 5.41) is 3.78. The molecule has 27 heavy (non-hydrogen) atoms. The molecule has 2 aromatic heterocycles. The van der Waals surface area contributed by atoms with Crippen molar-refractivity contribution in [2.45, 2.75) is 26.2 Å². The van der Waals surface area contributed by atoms with Crippen molar-refractivity contribution in [3.05, 3.63) is 47.4 Å². The second-order valence-corrected chi connectivity index (χ2v) is 7.85. The summed E-state index contributed by atoms with van der Waals surface area (Å²) in [7, 11) is 0. The molecular formula is C20H21FN4OS. The molecule has 1 atom stereocenters. The van der Waals surface area contributed by atoms with Crippen molar-refractivity contribution in [2.75, 3.05) is 23.3 Å². The first-order valence-corrected chi connectivity index (χ1v) is 10.0. The van der Waals surface area contributed by atoms with Crippen LogP contribution in [0.4, 0.5) is 15.9 Å². The zero-order valence-corrected chi connectivity index (χ0v) is 15.9. The van der Waals surface area contributed by atoms with Gasteiger partial charge in [-0.2, -0.15) is 0 Å². The maximum absolute atomic E-state index is 13.8. The lowest BCUT2D eigenvalue weighted by atomic mass is 9.96. The highest BCUT2D eigenvalue weighted by atomic mass is 32.1. The van der Waals surface area contributed by atoms with Crippen LogP contribution in [-0.4, -0.2) is 29.0 Å². The molecule has 1 N–H and O–H groups in total. The third kappa shape index (κ3) is 3.64. The predicted octanol–water partition coefficient (Wildman–Crippen LogP) is 4.25. The summed E-state index contributed by atoms with van der Waals surface area (Å²) in [6.45, 7) is 3.55. The Morgan fingerprint density at radius 3 is 3.04 bits per heavy atom. The van der Waals surface area contributed by atoms with E-state index in [4.69, 9.17) is 0 Å². The van der Waals surface area contributed by atoms with Crippen molar-refractivity contribution in [2.24, 2.45) is 5.92 Å². The number of anilines is 2. The fourth-order valence-electron chi connectivity index (χ4n) is 3.50.